The molecule has 0 aromatic carbocycles. The van der Waals surface area contributed by atoms with Gasteiger partial charge in [-0.05, 0) is 30.7 Å². The minimum absolute atomic E-state index is 0.485. The normalized spacial score (nSPS) is 20.7. The van der Waals surface area contributed by atoms with Crippen molar-refractivity contribution in [3.63, 3.8) is 0 Å². The Morgan fingerprint density at radius 1 is 1.35 bits per heavy atom. The maximum absolute atomic E-state index is 8.87. The number of morpholine rings is 1. The largest absolute Gasteiger partial charge is 0.370 e. The van der Waals surface area contributed by atoms with Gasteiger partial charge in [-0.25, -0.2) is 9.97 Å². The first-order valence-electron chi connectivity index (χ1n) is 9.58. The summed E-state index contributed by atoms with van der Waals surface area (Å²) in [7, 11) is 0. The number of rotatable bonds is 5. The molecule has 0 radical (unpaired) electrons. The van der Waals surface area contributed by atoms with E-state index >= 15 is 0 Å². The second-order valence-corrected chi connectivity index (χ2v) is 8.48. The first kappa shape index (κ1) is 17.7. The fourth-order valence-electron chi connectivity index (χ4n) is 3.89. The summed E-state index contributed by atoms with van der Waals surface area (Å²) >= 11 is 1.84. The number of thiophene rings is 1. The molecule has 0 bridgehead atoms. The van der Waals surface area contributed by atoms with Crippen molar-refractivity contribution in [3.8, 4) is 6.07 Å². The molecule has 26 heavy (non-hydrogen) atoms. The van der Waals surface area contributed by atoms with Gasteiger partial charge in [0.05, 0.1) is 31.1 Å². The van der Waals surface area contributed by atoms with Crippen molar-refractivity contribution >= 4 is 27.4 Å². The highest BCUT2D eigenvalue weighted by Gasteiger charge is 2.25. The lowest BCUT2D eigenvalue weighted by molar-refractivity contribution is -0.922. The van der Waals surface area contributed by atoms with Crippen LogP contribution in [-0.2, 0) is 24.1 Å². The van der Waals surface area contributed by atoms with Crippen molar-refractivity contribution in [3.05, 3.63) is 16.3 Å². The molecule has 2 aromatic rings. The number of hydrogen-bond acceptors (Lipinski definition) is 6. The SMILES string of the molecule is C[C@H]1CCc2c(sc3nc(C[NH+]4CCOCC4)nc(NCCC#N)c23)C1. The van der Waals surface area contributed by atoms with Gasteiger partial charge in [-0.1, -0.05) is 6.92 Å². The zero-order chi connectivity index (χ0) is 17.9. The van der Waals surface area contributed by atoms with E-state index in [0.717, 1.165) is 68.1 Å². The van der Waals surface area contributed by atoms with E-state index in [1.165, 1.54) is 27.1 Å². The quantitative estimate of drug-likeness (QED) is 0.779. The first-order valence-corrected chi connectivity index (χ1v) is 10.4. The maximum Gasteiger partial charge on any atom is 0.187 e. The number of nitrogens with zero attached hydrogens (tertiary/aromatic N) is 3. The van der Waals surface area contributed by atoms with Crippen LogP contribution in [0.5, 0.6) is 0 Å². The van der Waals surface area contributed by atoms with Gasteiger partial charge in [0.2, 0.25) is 0 Å². The number of ether oxygens (including phenoxy) is 1. The first-order chi connectivity index (χ1) is 12.7. The van der Waals surface area contributed by atoms with E-state index in [4.69, 9.17) is 20.0 Å². The molecule has 3 heterocycles. The summed E-state index contributed by atoms with van der Waals surface area (Å²) in [6, 6.07) is 2.21. The zero-order valence-corrected chi connectivity index (χ0v) is 16.1. The molecule has 138 valence electrons. The minimum Gasteiger partial charge on any atom is -0.370 e. The number of quaternary nitrogens is 1. The molecule has 4 rings (SSSR count). The van der Waals surface area contributed by atoms with Gasteiger partial charge in [0.25, 0.3) is 0 Å². The molecule has 7 heteroatoms. The Balaban J connectivity index is 1.68. The molecular weight excluding hydrogens is 346 g/mol. The van der Waals surface area contributed by atoms with Crippen LogP contribution < -0.4 is 10.2 Å². The number of fused-ring (bicyclic) bond motifs is 3. The van der Waals surface area contributed by atoms with Crippen LogP contribution >= 0.6 is 11.3 Å². The summed E-state index contributed by atoms with van der Waals surface area (Å²) in [6.45, 7) is 7.46. The Hall–Kier alpha value is -1.75. The van der Waals surface area contributed by atoms with E-state index in [9.17, 15) is 0 Å². The second-order valence-electron chi connectivity index (χ2n) is 7.39. The zero-order valence-electron chi connectivity index (χ0n) is 15.3. The molecule has 6 nitrogen and oxygen atoms in total. The van der Waals surface area contributed by atoms with E-state index in [1.54, 1.807) is 0 Å². The Morgan fingerprint density at radius 3 is 3.00 bits per heavy atom. The van der Waals surface area contributed by atoms with Crippen molar-refractivity contribution in [2.75, 3.05) is 38.2 Å². The predicted octanol–water partition coefficient (Wildman–Crippen LogP) is 1.56. The molecule has 0 amide bonds. The lowest BCUT2D eigenvalue weighted by Crippen LogP contribution is -3.12. The molecule has 2 aliphatic rings. The van der Waals surface area contributed by atoms with Gasteiger partial charge in [-0.3, -0.25) is 0 Å². The van der Waals surface area contributed by atoms with Crippen molar-refractivity contribution < 1.29 is 9.64 Å². The molecule has 0 unspecified atom stereocenters. The third-order valence-corrected chi connectivity index (χ3v) is 6.49. The van der Waals surface area contributed by atoms with Gasteiger partial charge in [0.15, 0.2) is 5.82 Å². The highest BCUT2D eigenvalue weighted by Crippen LogP contribution is 2.39. The standard InChI is InChI=1S/C19H25N5OS/c1-13-3-4-14-15(11-13)26-19-17(14)18(21-6-2-5-20)22-16(23-19)12-24-7-9-25-10-8-24/h13H,2-4,6-12H2,1H3,(H,21,22,23)/p+1/t13-/m0/s1. The van der Waals surface area contributed by atoms with Gasteiger partial charge >= 0.3 is 0 Å². The predicted molar refractivity (Wildman–Crippen MR) is 103 cm³/mol. The maximum atomic E-state index is 8.87. The molecule has 0 spiro atoms. The van der Waals surface area contributed by atoms with Gasteiger partial charge in [0.1, 0.15) is 30.3 Å². The van der Waals surface area contributed by atoms with E-state index in [0.29, 0.717) is 13.0 Å². The van der Waals surface area contributed by atoms with Crippen molar-refractivity contribution in [1.29, 1.82) is 5.26 Å². The lowest BCUT2D eigenvalue weighted by Gasteiger charge is -2.23. The monoisotopic (exact) mass is 372 g/mol. The van der Waals surface area contributed by atoms with Crippen molar-refractivity contribution in [1.82, 2.24) is 9.97 Å². The van der Waals surface area contributed by atoms with Crippen LogP contribution in [0, 0.1) is 17.2 Å². The number of hydrogen-bond donors (Lipinski definition) is 2. The number of nitrogens with one attached hydrogen (secondary N) is 2. The molecule has 1 saturated heterocycles. The molecule has 1 aliphatic carbocycles. The molecule has 1 fully saturated rings. The Bertz CT molecular complexity index is 821. The van der Waals surface area contributed by atoms with Crippen molar-refractivity contribution in [2.24, 2.45) is 5.92 Å². The van der Waals surface area contributed by atoms with Crippen LogP contribution in [-0.4, -0.2) is 42.8 Å². The second kappa shape index (κ2) is 7.87. The number of anilines is 1. The minimum atomic E-state index is 0.485. The van der Waals surface area contributed by atoms with E-state index < -0.39 is 0 Å². The summed E-state index contributed by atoms with van der Waals surface area (Å²) in [5.74, 6) is 2.58. The molecule has 2 N–H and O–H groups in total. The highest BCUT2D eigenvalue weighted by molar-refractivity contribution is 7.19. The molecule has 0 saturated carbocycles. The summed E-state index contributed by atoms with van der Waals surface area (Å²) in [6.07, 6.45) is 3.98. The Kier molecular flexibility index (Phi) is 5.34. The fourth-order valence-corrected chi connectivity index (χ4v) is 5.29. The third-order valence-electron chi connectivity index (χ3n) is 5.34. The van der Waals surface area contributed by atoms with Crippen molar-refractivity contribution in [2.45, 2.75) is 39.2 Å². The number of nitriles is 1. The van der Waals surface area contributed by atoms with Crippen LogP contribution in [0.4, 0.5) is 5.82 Å². The third kappa shape index (κ3) is 3.68. The van der Waals surface area contributed by atoms with Gasteiger partial charge in [-0.2, -0.15) is 5.26 Å². The summed E-state index contributed by atoms with van der Waals surface area (Å²) in [5, 5.41) is 13.5. The van der Waals surface area contributed by atoms with Gasteiger partial charge in [-0.15, -0.1) is 11.3 Å². The average Bonchev–Trinajstić information content (AvgIpc) is 3.00. The van der Waals surface area contributed by atoms with E-state index in [1.807, 2.05) is 11.3 Å². The summed E-state index contributed by atoms with van der Waals surface area (Å²) in [4.78, 5) is 13.9. The molecule has 2 aromatic heterocycles. The van der Waals surface area contributed by atoms with Crippen LogP contribution in [0.25, 0.3) is 10.2 Å². The summed E-state index contributed by atoms with van der Waals surface area (Å²) < 4.78 is 5.46. The van der Waals surface area contributed by atoms with Crippen LogP contribution in [0.3, 0.4) is 0 Å². The molecular formula is C19H26N5OS+. The van der Waals surface area contributed by atoms with E-state index in [2.05, 4.69) is 18.3 Å². The summed E-state index contributed by atoms with van der Waals surface area (Å²) in [5.41, 5.74) is 1.44. The average molecular weight is 373 g/mol. The smallest absolute Gasteiger partial charge is 0.187 e. The topological polar surface area (TPSA) is 75.3 Å². The van der Waals surface area contributed by atoms with Crippen LogP contribution in [0.2, 0.25) is 0 Å². The Morgan fingerprint density at radius 2 is 2.19 bits per heavy atom. The Labute approximate surface area is 158 Å². The highest BCUT2D eigenvalue weighted by atomic mass is 32.1. The molecule has 1 aliphatic heterocycles. The van der Waals surface area contributed by atoms with Gasteiger partial charge in [0, 0.05) is 11.4 Å². The lowest BCUT2D eigenvalue weighted by atomic mass is 9.89. The number of aromatic nitrogens is 2. The van der Waals surface area contributed by atoms with E-state index in [-0.39, 0.29) is 0 Å². The fraction of sp³-hybridized carbons (Fsp3) is 0.632. The van der Waals surface area contributed by atoms with Crippen LogP contribution in [0.15, 0.2) is 0 Å². The number of aryl methyl sites for hydroxylation is 1. The molecule has 1 atom stereocenters. The van der Waals surface area contributed by atoms with Crippen LogP contribution in [0.1, 0.15) is 36.0 Å². The van der Waals surface area contributed by atoms with Gasteiger partial charge < -0.3 is 15.0 Å².